The normalized spacial score (nSPS) is 18.9. The van der Waals surface area contributed by atoms with Gasteiger partial charge in [-0.25, -0.2) is 0 Å². The lowest BCUT2D eigenvalue weighted by molar-refractivity contribution is -0.131. The molecular formula is C15H29NO2. The highest BCUT2D eigenvalue weighted by atomic mass is 16.3. The van der Waals surface area contributed by atoms with Gasteiger partial charge in [-0.05, 0) is 19.3 Å². The first-order valence-corrected chi connectivity index (χ1v) is 7.40. The molecule has 0 bridgehead atoms. The van der Waals surface area contributed by atoms with E-state index in [1.165, 1.54) is 12.8 Å². The number of nitrogens with one attached hydrogen (secondary N) is 1. The minimum Gasteiger partial charge on any atom is -0.388 e. The molecule has 0 aromatic rings. The van der Waals surface area contributed by atoms with Crippen LogP contribution >= 0.6 is 0 Å². The maximum atomic E-state index is 12.1. The van der Waals surface area contributed by atoms with Crippen molar-refractivity contribution >= 4 is 5.91 Å². The lowest BCUT2D eigenvalue weighted by Crippen LogP contribution is -2.45. The van der Waals surface area contributed by atoms with Gasteiger partial charge in [-0.15, -0.1) is 0 Å². The van der Waals surface area contributed by atoms with Crippen molar-refractivity contribution in [1.29, 1.82) is 0 Å². The van der Waals surface area contributed by atoms with E-state index in [2.05, 4.69) is 12.2 Å². The van der Waals surface area contributed by atoms with E-state index in [4.69, 9.17) is 0 Å². The van der Waals surface area contributed by atoms with E-state index in [0.717, 1.165) is 38.5 Å². The molecule has 0 atom stereocenters. The average Bonchev–Trinajstić information content (AvgIpc) is 2.74. The van der Waals surface area contributed by atoms with Gasteiger partial charge in [-0.2, -0.15) is 0 Å². The molecule has 106 valence electrons. The summed E-state index contributed by atoms with van der Waals surface area (Å²) >= 11 is 0. The second-order valence-electron chi connectivity index (χ2n) is 6.46. The molecule has 18 heavy (non-hydrogen) atoms. The molecule has 1 aliphatic rings. The summed E-state index contributed by atoms with van der Waals surface area (Å²) in [5, 5.41) is 13.1. The fraction of sp³-hybridized carbons (Fsp3) is 0.933. The quantitative estimate of drug-likeness (QED) is 0.687. The molecule has 0 spiro atoms. The fourth-order valence-electron chi connectivity index (χ4n) is 2.62. The van der Waals surface area contributed by atoms with Gasteiger partial charge in [-0.3, -0.25) is 4.79 Å². The second-order valence-corrected chi connectivity index (χ2v) is 6.46. The summed E-state index contributed by atoms with van der Waals surface area (Å²) in [5.74, 6) is 0.0823. The molecule has 1 saturated carbocycles. The predicted octanol–water partition coefficient (Wildman–Crippen LogP) is 3.01. The minimum atomic E-state index is -0.644. The number of carbonyl (C=O) groups is 1. The Hall–Kier alpha value is -0.570. The van der Waals surface area contributed by atoms with Crippen molar-refractivity contribution in [3.05, 3.63) is 0 Å². The molecule has 3 heteroatoms. The molecule has 0 radical (unpaired) electrons. The molecule has 0 aliphatic heterocycles. The van der Waals surface area contributed by atoms with Crippen LogP contribution in [0.15, 0.2) is 0 Å². The third kappa shape index (κ3) is 4.60. The average molecular weight is 255 g/mol. The van der Waals surface area contributed by atoms with Gasteiger partial charge in [-0.1, -0.05) is 52.9 Å². The first kappa shape index (κ1) is 15.5. The van der Waals surface area contributed by atoms with Crippen LogP contribution in [0.2, 0.25) is 0 Å². The lowest BCUT2D eigenvalue weighted by Gasteiger charge is -2.28. The SMILES string of the molecule is CCCCCC(C)(C)C(=O)NCC1(O)CCCC1. The molecule has 3 nitrogen and oxygen atoms in total. The van der Waals surface area contributed by atoms with Crippen LogP contribution < -0.4 is 5.32 Å². The second kappa shape index (κ2) is 6.55. The molecule has 1 fully saturated rings. The van der Waals surface area contributed by atoms with Crippen molar-refractivity contribution in [2.24, 2.45) is 5.41 Å². The van der Waals surface area contributed by atoms with Crippen molar-refractivity contribution in [2.45, 2.75) is 77.7 Å². The summed E-state index contributed by atoms with van der Waals surface area (Å²) in [7, 11) is 0. The number of rotatable bonds is 7. The van der Waals surface area contributed by atoms with Crippen LogP contribution in [0.25, 0.3) is 0 Å². The molecule has 0 saturated heterocycles. The zero-order chi connectivity index (χ0) is 13.6. The maximum absolute atomic E-state index is 12.1. The first-order valence-electron chi connectivity index (χ1n) is 7.40. The summed E-state index contributed by atoms with van der Waals surface area (Å²) in [6, 6.07) is 0. The lowest BCUT2D eigenvalue weighted by atomic mass is 9.85. The van der Waals surface area contributed by atoms with E-state index in [0.29, 0.717) is 6.54 Å². The van der Waals surface area contributed by atoms with E-state index in [1.54, 1.807) is 0 Å². The van der Waals surface area contributed by atoms with E-state index in [1.807, 2.05) is 13.8 Å². The van der Waals surface area contributed by atoms with Gasteiger partial charge in [0.2, 0.25) is 5.91 Å². The summed E-state index contributed by atoms with van der Waals surface area (Å²) in [5.41, 5.74) is -0.959. The van der Waals surface area contributed by atoms with Crippen molar-refractivity contribution in [3.63, 3.8) is 0 Å². The molecule has 0 aromatic heterocycles. The molecular weight excluding hydrogens is 226 g/mol. The molecule has 1 rings (SSSR count). The Balaban J connectivity index is 2.34. The molecule has 1 amide bonds. The number of hydrogen-bond donors (Lipinski definition) is 2. The summed E-state index contributed by atoms with van der Waals surface area (Å²) in [6.45, 7) is 6.58. The van der Waals surface area contributed by atoms with E-state index in [9.17, 15) is 9.90 Å². The van der Waals surface area contributed by atoms with Crippen LogP contribution in [0.5, 0.6) is 0 Å². The summed E-state index contributed by atoms with van der Waals surface area (Å²) in [6.07, 6.45) is 8.18. The Labute approximate surface area is 111 Å². The highest BCUT2D eigenvalue weighted by Gasteiger charge is 2.33. The van der Waals surface area contributed by atoms with Crippen molar-refractivity contribution < 1.29 is 9.90 Å². The zero-order valence-electron chi connectivity index (χ0n) is 12.2. The van der Waals surface area contributed by atoms with Gasteiger partial charge >= 0.3 is 0 Å². The fourth-order valence-corrected chi connectivity index (χ4v) is 2.62. The molecule has 0 aromatic carbocycles. The zero-order valence-corrected chi connectivity index (χ0v) is 12.2. The number of hydrogen-bond acceptors (Lipinski definition) is 2. The molecule has 0 unspecified atom stereocenters. The van der Waals surface area contributed by atoms with E-state index in [-0.39, 0.29) is 11.3 Å². The maximum Gasteiger partial charge on any atom is 0.225 e. The van der Waals surface area contributed by atoms with E-state index >= 15 is 0 Å². The predicted molar refractivity (Wildman–Crippen MR) is 74.4 cm³/mol. The summed E-state index contributed by atoms with van der Waals surface area (Å²) in [4.78, 5) is 12.1. The van der Waals surface area contributed by atoms with Gasteiger partial charge in [0.1, 0.15) is 0 Å². The monoisotopic (exact) mass is 255 g/mol. The third-order valence-electron chi connectivity index (χ3n) is 4.13. The van der Waals surface area contributed by atoms with Gasteiger partial charge in [0.05, 0.1) is 5.60 Å². The van der Waals surface area contributed by atoms with Crippen LogP contribution in [0.4, 0.5) is 0 Å². The van der Waals surface area contributed by atoms with Gasteiger partial charge in [0.15, 0.2) is 0 Å². The Kier molecular flexibility index (Phi) is 5.64. The molecule has 0 heterocycles. The Morgan fingerprint density at radius 3 is 2.44 bits per heavy atom. The van der Waals surface area contributed by atoms with Crippen LogP contribution in [0, 0.1) is 5.41 Å². The van der Waals surface area contributed by atoms with Crippen molar-refractivity contribution in [2.75, 3.05) is 6.54 Å². The van der Waals surface area contributed by atoms with Gasteiger partial charge in [0, 0.05) is 12.0 Å². The van der Waals surface area contributed by atoms with Crippen LogP contribution in [0.1, 0.15) is 72.1 Å². The highest BCUT2D eigenvalue weighted by molar-refractivity contribution is 5.81. The van der Waals surface area contributed by atoms with Gasteiger partial charge < -0.3 is 10.4 Å². The van der Waals surface area contributed by atoms with Crippen LogP contribution in [-0.4, -0.2) is 23.2 Å². The Morgan fingerprint density at radius 2 is 1.89 bits per heavy atom. The number of amides is 1. The topological polar surface area (TPSA) is 49.3 Å². The molecule has 1 aliphatic carbocycles. The van der Waals surface area contributed by atoms with Gasteiger partial charge in [0.25, 0.3) is 0 Å². The molecule has 2 N–H and O–H groups in total. The number of carbonyl (C=O) groups excluding carboxylic acids is 1. The van der Waals surface area contributed by atoms with Crippen LogP contribution in [0.3, 0.4) is 0 Å². The highest BCUT2D eigenvalue weighted by Crippen LogP contribution is 2.29. The van der Waals surface area contributed by atoms with Crippen molar-refractivity contribution in [1.82, 2.24) is 5.32 Å². The summed E-state index contributed by atoms with van der Waals surface area (Å²) < 4.78 is 0. The largest absolute Gasteiger partial charge is 0.388 e. The standard InChI is InChI=1S/C15H29NO2/c1-4-5-6-9-14(2,3)13(17)16-12-15(18)10-7-8-11-15/h18H,4-12H2,1-3H3,(H,16,17). The van der Waals surface area contributed by atoms with Crippen molar-refractivity contribution in [3.8, 4) is 0 Å². The Bertz CT molecular complexity index is 268. The van der Waals surface area contributed by atoms with Crippen LogP contribution in [-0.2, 0) is 4.79 Å². The number of unbranched alkanes of at least 4 members (excludes halogenated alkanes) is 2. The first-order chi connectivity index (χ1) is 8.40. The smallest absolute Gasteiger partial charge is 0.225 e. The minimum absolute atomic E-state index is 0.0823. The Morgan fingerprint density at radius 1 is 1.28 bits per heavy atom. The number of aliphatic hydroxyl groups is 1. The van der Waals surface area contributed by atoms with E-state index < -0.39 is 5.60 Å². The third-order valence-corrected chi connectivity index (χ3v) is 4.13.